The Morgan fingerprint density at radius 2 is 2.06 bits per heavy atom. The van der Waals surface area contributed by atoms with E-state index >= 15 is 0 Å². The lowest BCUT2D eigenvalue weighted by molar-refractivity contribution is 0.199. The molecule has 0 aromatic carbocycles. The van der Waals surface area contributed by atoms with E-state index in [1.807, 2.05) is 11.3 Å². The van der Waals surface area contributed by atoms with E-state index in [-0.39, 0.29) is 0 Å². The Morgan fingerprint density at radius 3 is 2.83 bits per heavy atom. The first kappa shape index (κ1) is 12.5. The number of aromatic nitrogens is 2. The second kappa shape index (κ2) is 5.63. The average Bonchev–Trinajstić information content (AvgIpc) is 2.82. The first-order chi connectivity index (χ1) is 8.86. The van der Waals surface area contributed by atoms with Crippen molar-refractivity contribution in [2.24, 2.45) is 11.8 Å². The fourth-order valence-corrected chi connectivity index (χ4v) is 3.91. The summed E-state index contributed by atoms with van der Waals surface area (Å²) in [4.78, 5) is 0. The molecule has 0 bridgehead atoms. The van der Waals surface area contributed by atoms with E-state index in [9.17, 15) is 0 Å². The monoisotopic (exact) mass is 267 g/mol. The van der Waals surface area contributed by atoms with Gasteiger partial charge in [-0.1, -0.05) is 0 Å². The Bertz CT molecular complexity index is 385. The average molecular weight is 267 g/mol. The van der Waals surface area contributed by atoms with Crippen molar-refractivity contribution in [2.75, 3.05) is 26.8 Å². The predicted molar refractivity (Wildman–Crippen MR) is 71.9 cm³/mol. The second-order valence-corrected chi connectivity index (χ2v) is 6.54. The van der Waals surface area contributed by atoms with Crippen LogP contribution in [0.25, 0.3) is 0 Å². The molecule has 4 nitrogen and oxygen atoms in total. The van der Waals surface area contributed by atoms with Gasteiger partial charge in [0.1, 0.15) is 10.0 Å². The molecule has 0 radical (unpaired) electrons. The molecule has 2 atom stereocenters. The Hall–Kier alpha value is -0.520. The van der Waals surface area contributed by atoms with Gasteiger partial charge in [0.2, 0.25) is 0 Å². The topological polar surface area (TPSA) is 47.0 Å². The standard InChI is InChI=1S/C13H21N3OS/c1-17-5-4-14-3-2-12-15-16-13(18-12)11-7-9-6-10(9)8-11/h9-11,14H,2-8H2,1H3. The summed E-state index contributed by atoms with van der Waals surface area (Å²) in [5, 5.41) is 14.5. The molecule has 2 fully saturated rings. The van der Waals surface area contributed by atoms with Crippen molar-refractivity contribution in [3.63, 3.8) is 0 Å². The Labute approximate surface area is 112 Å². The van der Waals surface area contributed by atoms with Crippen LogP contribution in [-0.4, -0.2) is 37.0 Å². The van der Waals surface area contributed by atoms with E-state index in [1.54, 1.807) is 7.11 Å². The Kier molecular flexibility index (Phi) is 3.91. The summed E-state index contributed by atoms with van der Waals surface area (Å²) in [5.41, 5.74) is 0. The van der Waals surface area contributed by atoms with Crippen LogP contribution in [0.2, 0.25) is 0 Å². The van der Waals surface area contributed by atoms with Gasteiger partial charge in [0, 0.05) is 32.5 Å². The molecule has 1 heterocycles. The fourth-order valence-electron chi connectivity index (χ4n) is 2.94. The van der Waals surface area contributed by atoms with Crippen molar-refractivity contribution in [2.45, 2.75) is 31.6 Å². The van der Waals surface area contributed by atoms with Gasteiger partial charge in [-0.15, -0.1) is 21.5 Å². The summed E-state index contributed by atoms with van der Waals surface area (Å²) in [6.45, 7) is 2.65. The minimum absolute atomic E-state index is 0.724. The molecule has 0 aliphatic heterocycles. The van der Waals surface area contributed by atoms with Gasteiger partial charge in [-0.3, -0.25) is 0 Å². The molecule has 2 aliphatic carbocycles. The van der Waals surface area contributed by atoms with Gasteiger partial charge in [-0.2, -0.15) is 0 Å². The van der Waals surface area contributed by atoms with Crippen LogP contribution in [-0.2, 0) is 11.2 Å². The van der Waals surface area contributed by atoms with Crippen molar-refractivity contribution >= 4 is 11.3 Å². The van der Waals surface area contributed by atoms with Gasteiger partial charge in [0.05, 0.1) is 6.61 Å². The van der Waals surface area contributed by atoms with Gasteiger partial charge >= 0.3 is 0 Å². The van der Waals surface area contributed by atoms with Crippen LogP contribution in [0.3, 0.4) is 0 Å². The molecular formula is C13H21N3OS. The van der Waals surface area contributed by atoms with Gasteiger partial charge in [0.25, 0.3) is 0 Å². The number of rotatable bonds is 7. The van der Waals surface area contributed by atoms with Crippen LogP contribution in [0.15, 0.2) is 0 Å². The number of hydrogen-bond acceptors (Lipinski definition) is 5. The number of nitrogens with one attached hydrogen (secondary N) is 1. The lowest BCUT2D eigenvalue weighted by Crippen LogP contribution is -2.21. The minimum Gasteiger partial charge on any atom is -0.383 e. The highest BCUT2D eigenvalue weighted by Crippen LogP contribution is 2.57. The highest BCUT2D eigenvalue weighted by Gasteiger charge is 2.47. The van der Waals surface area contributed by atoms with Crippen molar-refractivity contribution in [1.82, 2.24) is 15.5 Å². The van der Waals surface area contributed by atoms with Crippen molar-refractivity contribution < 1.29 is 4.74 Å². The zero-order valence-corrected chi connectivity index (χ0v) is 11.7. The number of methoxy groups -OCH3 is 1. The lowest BCUT2D eigenvalue weighted by atomic mass is 10.1. The molecule has 2 saturated carbocycles. The third kappa shape index (κ3) is 2.90. The summed E-state index contributed by atoms with van der Waals surface area (Å²) in [6.07, 6.45) is 5.20. The molecule has 3 rings (SSSR count). The number of nitrogens with zero attached hydrogens (tertiary/aromatic N) is 2. The maximum Gasteiger partial charge on any atom is 0.120 e. The second-order valence-electron chi connectivity index (χ2n) is 5.45. The maximum absolute atomic E-state index is 4.99. The van der Waals surface area contributed by atoms with Gasteiger partial charge in [0.15, 0.2) is 0 Å². The SMILES string of the molecule is COCCNCCc1nnc(C2CC3CC3C2)s1. The summed E-state index contributed by atoms with van der Waals surface area (Å²) in [6, 6.07) is 0. The van der Waals surface area contributed by atoms with Crippen molar-refractivity contribution in [1.29, 1.82) is 0 Å². The molecule has 2 unspecified atom stereocenters. The predicted octanol–water partition coefficient (Wildman–Crippen LogP) is 1.83. The molecule has 18 heavy (non-hydrogen) atoms. The quantitative estimate of drug-likeness (QED) is 0.766. The highest BCUT2D eigenvalue weighted by molar-refractivity contribution is 7.11. The Morgan fingerprint density at radius 1 is 1.22 bits per heavy atom. The van der Waals surface area contributed by atoms with Crippen LogP contribution in [0.4, 0.5) is 0 Å². The first-order valence-corrected chi connectivity index (χ1v) is 7.70. The van der Waals surface area contributed by atoms with E-state index in [4.69, 9.17) is 4.74 Å². The third-order valence-corrected chi connectivity index (χ3v) is 5.22. The number of ether oxygens (including phenoxy) is 1. The maximum atomic E-state index is 4.99. The minimum atomic E-state index is 0.724. The van der Waals surface area contributed by atoms with E-state index in [0.717, 1.165) is 43.9 Å². The molecule has 0 amide bonds. The molecule has 5 heteroatoms. The van der Waals surface area contributed by atoms with Gasteiger partial charge in [-0.05, 0) is 31.1 Å². The zero-order chi connectivity index (χ0) is 12.4. The van der Waals surface area contributed by atoms with E-state index in [0.29, 0.717) is 0 Å². The third-order valence-electron chi connectivity index (χ3n) is 4.07. The van der Waals surface area contributed by atoms with Crippen LogP contribution in [0, 0.1) is 11.8 Å². The van der Waals surface area contributed by atoms with Crippen LogP contribution >= 0.6 is 11.3 Å². The van der Waals surface area contributed by atoms with Crippen molar-refractivity contribution in [3.8, 4) is 0 Å². The number of fused-ring (bicyclic) bond motifs is 1. The zero-order valence-electron chi connectivity index (χ0n) is 10.9. The van der Waals surface area contributed by atoms with E-state index in [2.05, 4.69) is 15.5 Å². The largest absolute Gasteiger partial charge is 0.383 e. The van der Waals surface area contributed by atoms with E-state index in [1.165, 1.54) is 29.3 Å². The molecule has 1 aromatic heterocycles. The van der Waals surface area contributed by atoms with Crippen molar-refractivity contribution in [3.05, 3.63) is 10.0 Å². The molecular weight excluding hydrogens is 246 g/mol. The van der Waals surface area contributed by atoms with E-state index < -0.39 is 0 Å². The van der Waals surface area contributed by atoms with Gasteiger partial charge < -0.3 is 10.1 Å². The smallest absolute Gasteiger partial charge is 0.120 e. The highest BCUT2D eigenvalue weighted by atomic mass is 32.1. The van der Waals surface area contributed by atoms with Gasteiger partial charge in [-0.25, -0.2) is 0 Å². The summed E-state index contributed by atoms with van der Waals surface area (Å²) >= 11 is 1.82. The molecule has 1 N–H and O–H groups in total. The lowest BCUT2D eigenvalue weighted by Gasteiger charge is -2.05. The summed E-state index contributed by atoms with van der Waals surface area (Å²) < 4.78 is 4.99. The summed E-state index contributed by atoms with van der Waals surface area (Å²) in [7, 11) is 1.73. The summed E-state index contributed by atoms with van der Waals surface area (Å²) in [5.74, 6) is 2.78. The molecule has 0 spiro atoms. The molecule has 2 aliphatic rings. The normalized spacial score (nSPS) is 29.5. The first-order valence-electron chi connectivity index (χ1n) is 6.88. The molecule has 100 valence electrons. The van der Waals surface area contributed by atoms with Crippen LogP contribution in [0.1, 0.15) is 35.2 Å². The molecule has 1 aromatic rings. The van der Waals surface area contributed by atoms with Crippen LogP contribution in [0.5, 0.6) is 0 Å². The van der Waals surface area contributed by atoms with Crippen LogP contribution < -0.4 is 5.32 Å². The fraction of sp³-hybridized carbons (Fsp3) is 0.846. The molecule has 0 saturated heterocycles. The Balaban J connectivity index is 1.42. The number of hydrogen-bond donors (Lipinski definition) is 1.